The van der Waals surface area contributed by atoms with Gasteiger partial charge in [-0.3, -0.25) is 9.59 Å². The summed E-state index contributed by atoms with van der Waals surface area (Å²) in [5.41, 5.74) is -1.36. The van der Waals surface area contributed by atoms with E-state index in [0.717, 1.165) is 6.07 Å². The van der Waals surface area contributed by atoms with Gasteiger partial charge >= 0.3 is 0 Å². The Labute approximate surface area is 206 Å². The SMILES string of the molecule is O=C(COc1ccc(Cl)c(F)c1)NC12CCC(NC(=O)[C@@H]3COc4ccccc4O3)(CC1)[C@@H](O)C2. The van der Waals surface area contributed by atoms with Gasteiger partial charge in [0.2, 0.25) is 6.10 Å². The second-order valence-corrected chi connectivity index (χ2v) is 9.83. The summed E-state index contributed by atoms with van der Waals surface area (Å²) in [4.78, 5) is 25.5. The summed E-state index contributed by atoms with van der Waals surface area (Å²) >= 11 is 5.66. The molecule has 4 aliphatic rings. The summed E-state index contributed by atoms with van der Waals surface area (Å²) < 4.78 is 30.4. The first kappa shape index (κ1) is 23.7. The van der Waals surface area contributed by atoms with Crippen LogP contribution in [0.25, 0.3) is 0 Å². The zero-order valence-electron chi connectivity index (χ0n) is 18.9. The van der Waals surface area contributed by atoms with E-state index in [-0.39, 0.29) is 35.8 Å². The molecule has 1 aliphatic heterocycles. The molecule has 35 heavy (non-hydrogen) atoms. The predicted molar refractivity (Wildman–Crippen MR) is 124 cm³/mol. The van der Waals surface area contributed by atoms with E-state index < -0.39 is 29.1 Å². The Hall–Kier alpha value is -3.04. The van der Waals surface area contributed by atoms with Crippen LogP contribution >= 0.6 is 11.6 Å². The van der Waals surface area contributed by atoms with Gasteiger partial charge in [0.25, 0.3) is 11.8 Å². The zero-order chi connectivity index (χ0) is 24.6. The highest BCUT2D eigenvalue weighted by Gasteiger charge is 2.55. The molecular formula is C25H26ClFN2O6. The van der Waals surface area contributed by atoms with Gasteiger partial charge in [0.05, 0.1) is 16.7 Å². The van der Waals surface area contributed by atoms with Gasteiger partial charge in [-0.15, -0.1) is 0 Å². The van der Waals surface area contributed by atoms with Gasteiger partial charge in [-0.1, -0.05) is 23.7 Å². The van der Waals surface area contributed by atoms with Crippen LogP contribution in [0, 0.1) is 5.82 Å². The third kappa shape index (κ3) is 4.75. The molecule has 2 amide bonds. The first-order chi connectivity index (χ1) is 16.8. The smallest absolute Gasteiger partial charge is 0.265 e. The number of fused-ring (bicyclic) bond motifs is 4. The summed E-state index contributed by atoms with van der Waals surface area (Å²) in [5.74, 6) is -0.0212. The topological polar surface area (TPSA) is 106 Å². The van der Waals surface area contributed by atoms with Gasteiger partial charge in [-0.05, 0) is 56.4 Å². The van der Waals surface area contributed by atoms with Gasteiger partial charge in [0.15, 0.2) is 18.1 Å². The van der Waals surface area contributed by atoms with E-state index in [4.69, 9.17) is 25.8 Å². The zero-order valence-corrected chi connectivity index (χ0v) is 19.6. The normalized spacial score (nSPS) is 28.8. The number of carbonyl (C=O) groups is 2. The van der Waals surface area contributed by atoms with E-state index in [2.05, 4.69) is 10.6 Å². The molecule has 1 heterocycles. The number of benzene rings is 2. The number of halogens is 2. The molecule has 0 aromatic heterocycles. The fourth-order valence-electron chi connectivity index (χ4n) is 5.18. The number of para-hydroxylation sites is 2. The maximum Gasteiger partial charge on any atom is 0.265 e. The van der Waals surface area contributed by atoms with Crippen molar-refractivity contribution in [3.63, 3.8) is 0 Å². The fraction of sp³-hybridized carbons (Fsp3) is 0.440. The number of hydrogen-bond donors (Lipinski definition) is 3. The average molecular weight is 505 g/mol. The largest absolute Gasteiger partial charge is 0.485 e. The van der Waals surface area contributed by atoms with Crippen molar-refractivity contribution >= 4 is 23.4 Å². The van der Waals surface area contributed by atoms with Crippen molar-refractivity contribution in [1.82, 2.24) is 10.6 Å². The fourth-order valence-corrected chi connectivity index (χ4v) is 5.30. The van der Waals surface area contributed by atoms with Crippen LogP contribution in [0.2, 0.25) is 5.02 Å². The third-order valence-electron chi connectivity index (χ3n) is 7.16. The van der Waals surface area contributed by atoms with E-state index >= 15 is 0 Å². The van der Waals surface area contributed by atoms with E-state index in [1.807, 2.05) is 6.07 Å². The lowest BCUT2D eigenvalue weighted by molar-refractivity contribution is -0.141. The Kier molecular flexibility index (Phi) is 6.23. The number of aliphatic hydroxyl groups is 1. The summed E-state index contributed by atoms with van der Waals surface area (Å²) in [6.07, 6.45) is 0.861. The molecule has 3 aliphatic carbocycles. The molecule has 6 rings (SSSR count). The molecule has 0 saturated heterocycles. The molecule has 3 N–H and O–H groups in total. The summed E-state index contributed by atoms with van der Waals surface area (Å²) in [5, 5.41) is 17.0. The monoisotopic (exact) mass is 504 g/mol. The molecular weight excluding hydrogens is 479 g/mol. The average Bonchev–Trinajstić information content (AvgIpc) is 2.85. The van der Waals surface area contributed by atoms with Gasteiger partial charge in [0, 0.05) is 11.6 Å². The van der Waals surface area contributed by atoms with E-state index in [0.29, 0.717) is 43.6 Å². The minimum Gasteiger partial charge on any atom is -0.485 e. The predicted octanol–water partition coefficient (Wildman–Crippen LogP) is 2.75. The lowest BCUT2D eigenvalue weighted by atomic mass is 9.60. The molecule has 0 radical (unpaired) electrons. The van der Waals surface area contributed by atoms with Crippen LogP contribution in [0.1, 0.15) is 32.1 Å². The molecule has 2 bridgehead atoms. The summed E-state index contributed by atoms with van der Waals surface area (Å²) in [6.45, 7) is -0.201. The van der Waals surface area contributed by atoms with Crippen LogP contribution in [-0.4, -0.2) is 53.4 Å². The molecule has 2 aromatic rings. The minimum absolute atomic E-state index is 0.0259. The van der Waals surface area contributed by atoms with Gasteiger partial charge in [-0.25, -0.2) is 4.39 Å². The maximum absolute atomic E-state index is 13.6. The number of amides is 2. The van der Waals surface area contributed by atoms with Crippen molar-refractivity contribution in [3.05, 3.63) is 53.3 Å². The van der Waals surface area contributed by atoms with Gasteiger partial charge in [-0.2, -0.15) is 0 Å². The van der Waals surface area contributed by atoms with E-state index in [1.165, 1.54) is 12.1 Å². The van der Waals surface area contributed by atoms with Crippen LogP contribution in [0.5, 0.6) is 17.2 Å². The van der Waals surface area contributed by atoms with Crippen molar-refractivity contribution in [1.29, 1.82) is 0 Å². The van der Waals surface area contributed by atoms with Crippen molar-refractivity contribution in [2.75, 3.05) is 13.2 Å². The van der Waals surface area contributed by atoms with E-state index in [9.17, 15) is 19.1 Å². The minimum atomic E-state index is -0.836. The number of carbonyl (C=O) groups excluding carboxylic acids is 2. The molecule has 2 aromatic carbocycles. The van der Waals surface area contributed by atoms with Crippen LogP contribution in [0.4, 0.5) is 4.39 Å². The molecule has 0 spiro atoms. The first-order valence-electron chi connectivity index (χ1n) is 11.6. The van der Waals surface area contributed by atoms with Gasteiger partial charge in [0.1, 0.15) is 18.2 Å². The number of nitrogens with one attached hydrogen (secondary N) is 2. The molecule has 186 valence electrons. The molecule has 3 saturated carbocycles. The summed E-state index contributed by atoms with van der Waals surface area (Å²) in [7, 11) is 0. The van der Waals surface area contributed by atoms with Crippen LogP contribution in [-0.2, 0) is 9.59 Å². The maximum atomic E-state index is 13.6. The molecule has 3 fully saturated rings. The molecule has 2 atom stereocenters. The Morgan fingerprint density at radius 3 is 2.57 bits per heavy atom. The van der Waals surface area contributed by atoms with Crippen LogP contribution in [0.3, 0.4) is 0 Å². The summed E-state index contributed by atoms with van der Waals surface area (Å²) in [6, 6.07) is 11.1. The highest BCUT2D eigenvalue weighted by atomic mass is 35.5. The van der Waals surface area contributed by atoms with Crippen LogP contribution in [0.15, 0.2) is 42.5 Å². The Balaban J connectivity index is 1.16. The van der Waals surface area contributed by atoms with Gasteiger partial charge < -0.3 is 30.0 Å². The number of hydrogen-bond acceptors (Lipinski definition) is 6. The third-order valence-corrected chi connectivity index (χ3v) is 7.47. The second-order valence-electron chi connectivity index (χ2n) is 9.42. The Morgan fingerprint density at radius 2 is 1.86 bits per heavy atom. The Bertz CT molecular complexity index is 1140. The van der Waals surface area contributed by atoms with E-state index in [1.54, 1.807) is 18.2 Å². The van der Waals surface area contributed by atoms with Crippen molar-refractivity contribution in [3.8, 4) is 17.2 Å². The molecule has 10 heteroatoms. The van der Waals surface area contributed by atoms with Crippen molar-refractivity contribution in [2.24, 2.45) is 0 Å². The number of rotatable bonds is 6. The molecule has 8 nitrogen and oxygen atoms in total. The lowest BCUT2D eigenvalue weighted by Crippen LogP contribution is -2.71. The van der Waals surface area contributed by atoms with Crippen molar-refractivity contribution in [2.45, 2.75) is 55.4 Å². The lowest BCUT2D eigenvalue weighted by Gasteiger charge is -2.56. The van der Waals surface area contributed by atoms with Crippen molar-refractivity contribution < 1.29 is 33.3 Å². The highest BCUT2D eigenvalue weighted by Crippen LogP contribution is 2.47. The quantitative estimate of drug-likeness (QED) is 0.558. The van der Waals surface area contributed by atoms with Crippen LogP contribution < -0.4 is 24.8 Å². The standard InChI is InChI=1S/C25H26ClFN2O6/c26-16-6-5-15(11-17(16)27)33-14-22(31)28-24-7-9-25(10-8-24,21(30)12-24)29-23(32)20-13-34-18-3-1-2-4-19(18)35-20/h1-6,11,20-21,30H,7-10,12-14H2,(H,28,31)(H,29,32)/t20-,21-,24?,25?/m0/s1. The number of aliphatic hydroxyl groups excluding tert-OH is 1. The first-order valence-corrected chi connectivity index (χ1v) is 11.9. The Morgan fingerprint density at radius 1 is 1.11 bits per heavy atom. The number of ether oxygens (including phenoxy) is 3. The molecule has 0 unspecified atom stereocenters. The second kappa shape index (κ2) is 9.20. The highest BCUT2D eigenvalue weighted by molar-refractivity contribution is 6.30.